The van der Waals surface area contributed by atoms with Crippen LogP contribution in [0.15, 0.2) is 66.3 Å². The fraction of sp³-hybridized carbons (Fsp3) is 0.385. The molecule has 4 rings (SSSR count). The molecule has 1 amide bonds. The number of halogens is 1. The van der Waals surface area contributed by atoms with Crippen molar-refractivity contribution in [1.82, 2.24) is 9.91 Å². The summed E-state index contributed by atoms with van der Waals surface area (Å²) < 4.78 is 5.38. The van der Waals surface area contributed by atoms with Gasteiger partial charge in [-0.3, -0.25) is 9.69 Å². The topological polar surface area (TPSA) is 45.1 Å². The highest BCUT2D eigenvalue weighted by Crippen LogP contribution is 2.37. The smallest absolute Gasteiger partial charge is 0.257 e. The Bertz CT molecular complexity index is 1000. The summed E-state index contributed by atoms with van der Waals surface area (Å²) in [4.78, 5) is 15.8. The van der Waals surface area contributed by atoms with Gasteiger partial charge in [0.15, 0.2) is 0 Å². The molecular formula is C26H30ClN3O2. The van der Waals surface area contributed by atoms with Crippen LogP contribution < -0.4 is 4.74 Å². The molecule has 0 spiro atoms. The molecular weight excluding hydrogens is 422 g/mol. The largest absolute Gasteiger partial charge is 0.497 e. The molecule has 2 aliphatic rings. The van der Waals surface area contributed by atoms with Gasteiger partial charge in [0.25, 0.3) is 5.91 Å². The molecule has 6 heteroatoms. The molecule has 168 valence electrons. The first-order valence-corrected chi connectivity index (χ1v) is 11.6. The molecule has 32 heavy (non-hydrogen) atoms. The first-order valence-electron chi connectivity index (χ1n) is 11.2. The highest BCUT2D eigenvalue weighted by atomic mass is 35.5. The Morgan fingerprint density at radius 2 is 2.03 bits per heavy atom. The summed E-state index contributed by atoms with van der Waals surface area (Å²) in [6.07, 6.45) is 7.19. The van der Waals surface area contributed by atoms with E-state index in [4.69, 9.17) is 21.4 Å². The van der Waals surface area contributed by atoms with Crippen molar-refractivity contribution in [1.29, 1.82) is 0 Å². The fourth-order valence-corrected chi connectivity index (χ4v) is 4.99. The van der Waals surface area contributed by atoms with Crippen LogP contribution in [0.5, 0.6) is 5.75 Å². The van der Waals surface area contributed by atoms with Crippen molar-refractivity contribution in [2.24, 2.45) is 5.10 Å². The van der Waals surface area contributed by atoms with Gasteiger partial charge in [0.05, 0.1) is 25.4 Å². The van der Waals surface area contributed by atoms with Gasteiger partial charge >= 0.3 is 0 Å². The lowest BCUT2D eigenvalue weighted by Gasteiger charge is -2.30. The molecule has 1 heterocycles. The van der Waals surface area contributed by atoms with E-state index in [-0.39, 0.29) is 11.9 Å². The number of ether oxygens (including phenoxy) is 1. The molecule has 1 unspecified atom stereocenters. The zero-order valence-electron chi connectivity index (χ0n) is 18.5. The maximum Gasteiger partial charge on any atom is 0.257 e. The Morgan fingerprint density at radius 1 is 1.25 bits per heavy atom. The summed E-state index contributed by atoms with van der Waals surface area (Å²) in [7, 11) is 1.65. The summed E-state index contributed by atoms with van der Waals surface area (Å²) in [5.41, 5.74) is 2.73. The monoisotopic (exact) mass is 451 g/mol. The van der Waals surface area contributed by atoms with E-state index in [0.717, 1.165) is 35.4 Å². The van der Waals surface area contributed by atoms with Gasteiger partial charge in [-0.05, 0) is 36.6 Å². The third kappa shape index (κ3) is 4.89. The molecule has 1 atom stereocenters. The predicted molar refractivity (Wildman–Crippen MR) is 129 cm³/mol. The summed E-state index contributed by atoms with van der Waals surface area (Å²) in [5.74, 6) is 0.754. The van der Waals surface area contributed by atoms with Crippen LogP contribution in [0.4, 0.5) is 0 Å². The summed E-state index contributed by atoms with van der Waals surface area (Å²) in [6.45, 7) is 4.92. The fourth-order valence-electron chi connectivity index (χ4n) is 4.73. The molecule has 0 radical (unpaired) electrons. The average Bonchev–Trinajstić information content (AvgIpc) is 3.50. The maximum absolute atomic E-state index is 13.6. The third-order valence-corrected chi connectivity index (χ3v) is 6.72. The molecule has 5 nitrogen and oxygen atoms in total. The number of nitrogens with zero attached hydrogens (tertiary/aromatic N) is 3. The lowest BCUT2D eigenvalue weighted by molar-refractivity contribution is -0.134. The highest BCUT2D eigenvalue weighted by molar-refractivity contribution is 6.31. The molecule has 0 bridgehead atoms. The molecule has 0 saturated heterocycles. The normalized spacial score (nSPS) is 18.8. The van der Waals surface area contributed by atoms with Crippen molar-refractivity contribution < 1.29 is 9.53 Å². The summed E-state index contributed by atoms with van der Waals surface area (Å²) >= 11 is 6.54. The van der Waals surface area contributed by atoms with E-state index in [2.05, 4.69) is 11.5 Å². The standard InChI is InChI=1S/C26H30ClN3O2/c1-3-15-29(20-10-4-5-11-20)18-26(31)30-25(22-13-6-7-14-23(22)27)17-24(28-30)19-9-8-12-21(16-19)32-2/h3,6-9,12-14,16,20,25H,1,4-5,10-11,15,17-18H2,2H3. The predicted octanol–water partition coefficient (Wildman–Crippen LogP) is 5.46. The van der Waals surface area contributed by atoms with Crippen LogP contribution in [-0.4, -0.2) is 47.8 Å². The Hall–Kier alpha value is -2.63. The van der Waals surface area contributed by atoms with Crippen molar-refractivity contribution in [3.8, 4) is 5.75 Å². The van der Waals surface area contributed by atoms with Crippen LogP contribution in [0.25, 0.3) is 0 Å². The maximum atomic E-state index is 13.6. The van der Waals surface area contributed by atoms with Gasteiger partial charge in [-0.2, -0.15) is 5.10 Å². The number of benzene rings is 2. The quantitative estimate of drug-likeness (QED) is 0.501. The Labute approximate surface area is 195 Å². The van der Waals surface area contributed by atoms with Crippen molar-refractivity contribution in [3.05, 3.63) is 77.3 Å². The number of hydrazone groups is 1. The van der Waals surface area contributed by atoms with Gasteiger partial charge in [-0.25, -0.2) is 5.01 Å². The van der Waals surface area contributed by atoms with Gasteiger partial charge in [-0.1, -0.05) is 60.9 Å². The van der Waals surface area contributed by atoms with Gasteiger partial charge in [0, 0.05) is 29.6 Å². The number of amides is 1. The molecule has 2 aromatic rings. The highest BCUT2D eigenvalue weighted by Gasteiger charge is 2.35. The van der Waals surface area contributed by atoms with Crippen LogP contribution in [0, 0.1) is 0 Å². The van der Waals surface area contributed by atoms with E-state index in [1.54, 1.807) is 12.1 Å². The van der Waals surface area contributed by atoms with Crippen molar-refractivity contribution >= 4 is 23.2 Å². The molecule has 0 N–H and O–H groups in total. The SMILES string of the molecule is C=CCN(CC(=O)N1N=C(c2cccc(OC)c2)CC1c1ccccc1Cl)C1CCCC1. The minimum Gasteiger partial charge on any atom is -0.497 e. The van der Waals surface area contributed by atoms with Gasteiger partial charge in [0.1, 0.15) is 5.75 Å². The number of rotatable bonds is 8. The molecule has 1 aliphatic heterocycles. The lowest BCUT2D eigenvalue weighted by Crippen LogP contribution is -2.42. The molecule has 1 saturated carbocycles. The van der Waals surface area contributed by atoms with Gasteiger partial charge < -0.3 is 4.74 Å². The number of carbonyl (C=O) groups excluding carboxylic acids is 1. The third-order valence-electron chi connectivity index (χ3n) is 6.38. The number of hydrogen-bond donors (Lipinski definition) is 0. The molecule has 1 aliphatic carbocycles. The summed E-state index contributed by atoms with van der Waals surface area (Å²) in [6, 6.07) is 15.7. The molecule has 2 aromatic carbocycles. The Morgan fingerprint density at radius 3 is 2.75 bits per heavy atom. The van der Waals surface area contributed by atoms with Crippen molar-refractivity contribution in [2.75, 3.05) is 20.2 Å². The van der Waals surface area contributed by atoms with E-state index in [1.165, 1.54) is 12.8 Å². The number of hydrogen-bond acceptors (Lipinski definition) is 4. The molecule has 0 aromatic heterocycles. The second-order valence-corrected chi connectivity index (χ2v) is 8.82. The minimum absolute atomic E-state index is 0.0124. The number of methoxy groups -OCH3 is 1. The first-order chi connectivity index (χ1) is 15.6. The lowest BCUT2D eigenvalue weighted by atomic mass is 9.98. The van der Waals surface area contributed by atoms with Crippen molar-refractivity contribution in [2.45, 2.75) is 44.2 Å². The zero-order chi connectivity index (χ0) is 22.5. The van der Waals surface area contributed by atoms with Gasteiger partial charge in [-0.15, -0.1) is 6.58 Å². The Kier molecular flexibility index (Phi) is 7.28. The molecule has 1 fully saturated rings. The van der Waals surface area contributed by atoms with E-state index in [1.807, 2.05) is 54.6 Å². The second-order valence-electron chi connectivity index (χ2n) is 8.41. The van der Waals surface area contributed by atoms with E-state index in [9.17, 15) is 4.79 Å². The van der Waals surface area contributed by atoms with E-state index >= 15 is 0 Å². The van der Waals surface area contributed by atoms with E-state index < -0.39 is 0 Å². The van der Waals surface area contributed by atoms with Crippen LogP contribution in [0.3, 0.4) is 0 Å². The average molecular weight is 452 g/mol. The van der Waals surface area contributed by atoms with Gasteiger partial charge in [0.2, 0.25) is 0 Å². The van der Waals surface area contributed by atoms with Crippen LogP contribution in [0.2, 0.25) is 5.02 Å². The zero-order valence-corrected chi connectivity index (χ0v) is 19.3. The minimum atomic E-state index is -0.230. The first kappa shape index (κ1) is 22.6. The number of carbonyl (C=O) groups is 1. The second kappa shape index (κ2) is 10.3. The Balaban J connectivity index is 1.64. The van der Waals surface area contributed by atoms with Crippen LogP contribution >= 0.6 is 11.6 Å². The van der Waals surface area contributed by atoms with Crippen molar-refractivity contribution in [3.63, 3.8) is 0 Å². The van der Waals surface area contributed by atoms with E-state index in [0.29, 0.717) is 30.6 Å². The van der Waals surface area contributed by atoms with Crippen LogP contribution in [-0.2, 0) is 4.79 Å². The summed E-state index contributed by atoms with van der Waals surface area (Å²) in [5, 5.41) is 7.10. The van der Waals surface area contributed by atoms with Crippen LogP contribution in [0.1, 0.15) is 49.3 Å².